The standard InChI is InChI=1S/C13H17NO4/c1-16-6-7-18-14-13(15)11-8-10-4-2-3-5-12(10)17-9-11/h2-5,11H,6-9H2,1H3,(H,14,15). The Balaban J connectivity index is 1.83. The second-order valence-corrected chi connectivity index (χ2v) is 4.13. The Morgan fingerprint density at radius 1 is 1.44 bits per heavy atom. The van der Waals surface area contributed by atoms with Gasteiger partial charge < -0.3 is 9.47 Å². The molecule has 1 N–H and O–H groups in total. The lowest BCUT2D eigenvalue weighted by molar-refractivity contribution is -0.140. The lowest BCUT2D eigenvalue weighted by atomic mass is 9.96. The Hall–Kier alpha value is -1.59. The number of hydroxylamine groups is 1. The third-order valence-electron chi connectivity index (χ3n) is 2.81. The van der Waals surface area contributed by atoms with Gasteiger partial charge in [0.25, 0.3) is 0 Å². The summed E-state index contributed by atoms with van der Waals surface area (Å²) in [5, 5.41) is 0. The van der Waals surface area contributed by atoms with E-state index in [0.29, 0.717) is 26.2 Å². The molecular weight excluding hydrogens is 234 g/mol. The van der Waals surface area contributed by atoms with Crippen molar-refractivity contribution in [2.45, 2.75) is 6.42 Å². The third kappa shape index (κ3) is 3.21. The molecule has 1 atom stereocenters. The van der Waals surface area contributed by atoms with Crippen LogP contribution in [0.15, 0.2) is 24.3 Å². The molecule has 18 heavy (non-hydrogen) atoms. The van der Waals surface area contributed by atoms with Crippen LogP contribution in [0.2, 0.25) is 0 Å². The topological polar surface area (TPSA) is 56.8 Å². The molecule has 0 bridgehead atoms. The van der Waals surface area contributed by atoms with Crippen LogP contribution in [-0.2, 0) is 20.8 Å². The van der Waals surface area contributed by atoms with Crippen molar-refractivity contribution < 1.29 is 19.1 Å². The molecule has 1 aliphatic rings. The first-order chi connectivity index (χ1) is 8.81. The molecule has 1 aromatic carbocycles. The molecule has 1 heterocycles. The van der Waals surface area contributed by atoms with Gasteiger partial charge in [-0.2, -0.15) is 0 Å². The Kier molecular flexibility index (Phi) is 4.55. The minimum Gasteiger partial charge on any atom is -0.492 e. The van der Waals surface area contributed by atoms with Gasteiger partial charge in [0.1, 0.15) is 12.4 Å². The second kappa shape index (κ2) is 6.37. The number of nitrogens with one attached hydrogen (secondary N) is 1. The maximum atomic E-state index is 11.8. The first-order valence-electron chi connectivity index (χ1n) is 5.92. The average molecular weight is 251 g/mol. The van der Waals surface area contributed by atoms with Crippen LogP contribution in [0.1, 0.15) is 5.56 Å². The Morgan fingerprint density at radius 3 is 3.11 bits per heavy atom. The van der Waals surface area contributed by atoms with Gasteiger partial charge in [-0.25, -0.2) is 5.48 Å². The highest BCUT2D eigenvalue weighted by atomic mass is 16.7. The van der Waals surface area contributed by atoms with Gasteiger partial charge in [-0.3, -0.25) is 9.63 Å². The molecule has 1 amide bonds. The second-order valence-electron chi connectivity index (χ2n) is 4.13. The van der Waals surface area contributed by atoms with Crippen LogP contribution in [0.5, 0.6) is 5.75 Å². The SMILES string of the molecule is COCCONC(=O)C1COc2ccccc2C1. The van der Waals surface area contributed by atoms with E-state index >= 15 is 0 Å². The van der Waals surface area contributed by atoms with Gasteiger partial charge in [0.15, 0.2) is 0 Å². The fourth-order valence-electron chi connectivity index (χ4n) is 1.83. The van der Waals surface area contributed by atoms with Crippen LogP contribution < -0.4 is 10.2 Å². The van der Waals surface area contributed by atoms with Crippen LogP contribution in [0.3, 0.4) is 0 Å². The molecule has 0 aliphatic carbocycles. The maximum absolute atomic E-state index is 11.8. The highest BCUT2D eigenvalue weighted by Crippen LogP contribution is 2.26. The molecule has 1 aromatic rings. The lowest BCUT2D eigenvalue weighted by Gasteiger charge is -2.24. The van der Waals surface area contributed by atoms with Crippen molar-refractivity contribution in [2.75, 3.05) is 26.9 Å². The number of hydrogen-bond donors (Lipinski definition) is 1. The van der Waals surface area contributed by atoms with E-state index in [1.165, 1.54) is 0 Å². The summed E-state index contributed by atoms with van der Waals surface area (Å²) in [6.45, 7) is 1.17. The quantitative estimate of drug-likeness (QED) is 0.625. The molecule has 98 valence electrons. The summed E-state index contributed by atoms with van der Waals surface area (Å²) in [5.41, 5.74) is 3.48. The largest absolute Gasteiger partial charge is 0.492 e. The van der Waals surface area contributed by atoms with E-state index in [2.05, 4.69) is 5.48 Å². The van der Waals surface area contributed by atoms with Gasteiger partial charge in [0.2, 0.25) is 5.91 Å². The smallest absolute Gasteiger partial charge is 0.250 e. The van der Waals surface area contributed by atoms with Crippen LogP contribution in [0.25, 0.3) is 0 Å². The lowest BCUT2D eigenvalue weighted by Crippen LogP contribution is -2.37. The molecular formula is C13H17NO4. The maximum Gasteiger partial charge on any atom is 0.250 e. The molecule has 0 radical (unpaired) electrons. The summed E-state index contributed by atoms with van der Waals surface area (Å²) in [6.07, 6.45) is 0.676. The van der Waals surface area contributed by atoms with E-state index in [-0.39, 0.29) is 11.8 Å². The van der Waals surface area contributed by atoms with Gasteiger partial charge in [-0.05, 0) is 18.1 Å². The first kappa shape index (κ1) is 12.9. The number of para-hydroxylation sites is 1. The molecule has 0 saturated heterocycles. The number of carbonyl (C=O) groups excluding carboxylic acids is 1. The zero-order valence-corrected chi connectivity index (χ0v) is 10.3. The van der Waals surface area contributed by atoms with Crippen molar-refractivity contribution in [3.63, 3.8) is 0 Å². The van der Waals surface area contributed by atoms with Crippen molar-refractivity contribution in [3.8, 4) is 5.75 Å². The van der Waals surface area contributed by atoms with Crippen LogP contribution in [0, 0.1) is 5.92 Å². The van der Waals surface area contributed by atoms with E-state index in [9.17, 15) is 4.79 Å². The van der Waals surface area contributed by atoms with Crippen molar-refractivity contribution in [2.24, 2.45) is 5.92 Å². The van der Waals surface area contributed by atoms with E-state index < -0.39 is 0 Å². The number of hydrogen-bond acceptors (Lipinski definition) is 4. The van der Waals surface area contributed by atoms with E-state index in [1.54, 1.807) is 7.11 Å². The van der Waals surface area contributed by atoms with Crippen molar-refractivity contribution in [1.29, 1.82) is 0 Å². The number of ether oxygens (including phenoxy) is 2. The molecule has 0 spiro atoms. The van der Waals surface area contributed by atoms with Crippen LogP contribution in [-0.4, -0.2) is 32.8 Å². The van der Waals surface area contributed by atoms with Gasteiger partial charge >= 0.3 is 0 Å². The monoisotopic (exact) mass is 251 g/mol. The van der Waals surface area contributed by atoms with Crippen molar-refractivity contribution in [3.05, 3.63) is 29.8 Å². The van der Waals surface area contributed by atoms with Crippen LogP contribution in [0.4, 0.5) is 0 Å². The summed E-state index contributed by atoms with van der Waals surface area (Å²) in [7, 11) is 1.58. The minimum absolute atomic E-state index is 0.152. The zero-order chi connectivity index (χ0) is 12.8. The predicted molar refractivity (Wildman–Crippen MR) is 65.1 cm³/mol. The average Bonchev–Trinajstić information content (AvgIpc) is 2.43. The van der Waals surface area contributed by atoms with Crippen molar-refractivity contribution in [1.82, 2.24) is 5.48 Å². The summed E-state index contributed by atoms with van der Waals surface area (Å²) in [6, 6.07) is 7.75. The number of carbonyl (C=O) groups is 1. The normalized spacial score (nSPS) is 17.7. The molecule has 0 fully saturated rings. The zero-order valence-electron chi connectivity index (χ0n) is 10.3. The van der Waals surface area contributed by atoms with E-state index in [1.807, 2.05) is 24.3 Å². The highest BCUT2D eigenvalue weighted by molar-refractivity contribution is 5.78. The molecule has 2 rings (SSSR count). The summed E-state index contributed by atoms with van der Waals surface area (Å²) >= 11 is 0. The Morgan fingerprint density at radius 2 is 2.28 bits per heavy atom. The first-order valence-corrected chi connectivity index (χ1v) is 5.92. The fraction of sp³-hybridized carbons (Fsp3) is 0.462. The predicted octanol–water partition coefficient (Wildman–Crippen LogP) is 0.932. The van der Waals surface area contributed by atoms with E-state index in [4.69, 9.17) is 14.3 Å². The highest BCUT2D eigenvalue weighted by Gasteiger charge is 2.25. The Bertz CT molecular complexity index is 408. The van der Waals surface area contributed by atoms with Crippen molar-refractivity contribution >= 4 is 5.91 Å². The number of benzene rings is 1. The van der Waals surface area contributed by atoms with Gasteiger partial charge in [0, 0.05) is 7.11 Å². The molecule has 5 nitrogen and oxygen atoms in total. The fourth-order valence-corrected chi connectivity index (χ4v) is 1.83. The van der Waals surface area contributed by atoms with E-state index in [0.717, 1.165) is 11.3 Å². The summed E-state index contributed by atoms with van der Waals surface area (Å²) in [4.78, 5) is 16.8. The summed E-state index contributed by atoms with van der Waals surface area (Å²) in [5.74, 6) is 0.505. The third-order valence-corrected chi connectivity index (χ3v) is 2.81. The van der Waals surface area contributed by atoms with Gasteiger partial charge in [0.05, 0.1) is 19.1 Å². The molecule has 1 aliphatic heterocycles. The number of methoxy groups -OCH3 is 1. The number of rotatable bonds is 5. The molecule has 1 unspecified atom stereocenters. The minimum atomic E-state index is -0.206. The molecule has 0 saturated carbocycles. The summed E-state index contributed by atoms with van der Waals surface area (Å²) < 4.78 is 10.4. The Labute approximate surface area is 106 Å². The van der Waals surface area contributed by atoms with Gasteiger partial charge in [-0.1, -0.05) is 18.2 Å². The van der Waals surface area contributed by atoms with Gasteiger partial charge in [-0.15, -0.1) is 0 Å². The van der Waals surface area contributed by atoms with Crippen LogP contribution >= 0.6 is 0 Å². The number of amides is 1. The molecule has 0 aromatic heterocycles. The number of fused-ring (bicyclic) bond motifs is 1. The molecule has 5 heteroatoms.